The summed E-state index contributed by atoms with van der Waals surface area (Å²) in [4.78, 5) is 23.9. The standard InChI is InChI=1S/C16H24N6OS/c1-11-12(2)24-16(20-11)21-15(23)19-10-13-6-5-7-17-14(13)18-8-9-22(3)4/h5-7H,8-10H2,1-4H3,(H,17,18)(H2,19,20,21,23). The van der Waals surface area contributed by atoms with Gasteiger partial charge >= 0.3 is 6.03 Å². The van der Waals surface area contributed by atoms with E-state index in [4.69, 9.17) is 0 Å². The molecule has 8 heteroatoms. The van der Waals surface area contributed by atoms with Gasteiger partial charge in [-0.25, -0.2) is 14.8 Å². The van der Waals surface area contributed by atoms with Crippen molar-refractivity contribution < 1.29 is 4.79 Å². The van der Waals surface area contributed by atoms with Crippen LogP contribution in [0.3, 0.4) is 0 Å². The van der Waals surface area contributed by atoms with Gasteiger partial charge in [0.1, 0.15) is 5.82 Å². The fourth-order valence-electron chi connectivity index (χ4n) is 1.98. The first-order valence-corrected chi connectivity index (χ1v) is 8.58. The highest BCUT2D eigenvalue weighted by molar-refractivity contribution is 7.15. The van der Waals surface area contributed by atoms with Crippen molar-refractivity contribution in [2.75, 3.05) is 37.8 Å². The summed E-state index contributed by atoms with van der Waals surface area (Å²) in [5.74, 6) is 0.792. The molecule has 0 bridgehead atoms. The van der Waals surface area contributed by atoms with Crippen LogP contribution in [0.1, 0.15) is 16.1 Å². The molecule has 24 heavy (non-hydrogen) atoms. The Morgan fingerprint density at radius 1 is 1.33 bits per heavy atom. The molecule has 2 aromatic heterocycles. The smallest absolute Gasteiger partial charge is 0.321 e. The number of nitrogens with zero attached hydrogens (tertiary/aromatic N) is 3. The van der Waals surface area contributed by atoms with Crippen LogP contribution >= 0.6 is 11.3 Å². The Kier molecular flexibility index (Phi) is 6.51. The zero-order valence-electron chi connectivity index (χ0n) is 14.5. The Morgan fingerprint density at radius 2 is 2.12 bits per heavy atom. The van der Waals surface area contributed by atoms with E-state index in [-0.39, 0.29) is 6.03 Å². The second kappa shape index (κ2) is 8.60. The molecule has 0 spiro atoms. The van der Waals surface area contributed by atoms with Gasteiger partial charge in [0.05, 0.1) is 5.69 Å². The maximum Gasteiger partial charge on any atom is 0.321 e. The maximum absolute atomic E-state index is 12.0. The molecule has 3 N–H and O–H groups in total. The Labute approximate surface area is 146 Å². The summed E-state index contributed by atoms with van der Waals surface area (Å²) in [5, 5.41) is 9.51. The predicted octanol–water partition coefficient (Wildman–Crippen LogP) is 2.45. The fraction of sp³-hybridized carbons (Fsp3) is 0.438. The Balaban J connectivity index is 1.87. The van der Waals surface area contributed by atoms with Gasteiger partial charge in [-0.15, -0.1) is 11.3 Å². The fourth-order valence-corrected chi connectivity index (χ4v) is 2.79. The number of hydrogen-bond acceptors (Lipinski definition) is 6. The number of nitrogens with one attached hydrogen (secondary N) is 3. The van der Waals surface area contributed by atoms with E-state index in [0.717, 1.165) is 35.0 Å². The van der Waals surface area contributed by atoms with E-state index in [1.165, 1.54) is 11.3 Å². The summed E-state index contributed by atoms with van der Waals surface area (Å²) in [7, 11) is 4.05. The topological polar surface area (TPSA) is 82.2 Å². The van der Waals surface area contributed by atoms with Crippen LogP contribution in [0.4, 0.5) is 15.7 Å². The lowest BCUT2D eigenvalue weighted by atomic mass is 10.2. The van der Waals surface area contributed by atoms with Crippen LogP contribution in [0.15, 0.2) is 18.3 Å². The van der Waals surface area contributed by atoms with E-state index in [0.29, 0.717) is 11.7 Å². The van der Waals surface area contributed by atoms with Gasteiger partial charge in [0, 0.05) is 36.3 Å². The first kappa shape index (κ1) is 18.2. The average molecular weight is 348 g/mol. The van der Waals surface area contributed by atoms with Gasteiger partial charge < -0.3 is 15.5 Å². The summed E-state index contributed by atoms with van der Waals surface area (Å²) in [6.45, 7) is 6.01. The number of rotatable bonds is 7. The summed E-state index contributed by atoms with van der Waals surface area (Å²) in [6, 6.07) is 3.54. The number of aromatic nitrogens is 2. The molecule has 0 saturated heterocycles. The summed E-state index contributed by atoms with van der Waals surface area (Å²) < 4.78 is 0. The molecular weight excluding hydrogens is 324 g/mol. The molecule has 7 nitrogen and oxygen atoms in total. The monoisotopic (exact) mass is 348 g/mol. The minimum absolute atomic E-state index is 0.271. The molecule has 2 amide bonds. The molecule has 2 rings (SSSR count). The van der Waals surface area contributed by atoms with Crippen molar-refractivity contribution in [3.05, 3.63) is 34.5 Å². The van der Waals surface area contributed by atoms with Crippen LogP contribution in [-0.4, -0.2) is 48.1 Å². The number of urea groups is 1. The number of anilines is 2. The van der Waals surface area contributed by atoms with E-state index in [1.807, 2.05) is 40.1 Å². The molecule has 2 heterocycles. The Hall–Kier alpha value is -2.19. The largest absolute Gasteiger partial charge is 0.369 e. The van der Waals surface area contributed by atoms with Crippen molar-refractivity contribution in [1.29, 1.82) is 0 Å². The van der Waals surface area contributed by atoms with Crippen LogP contribution in [0.5, 0.6) is 0 Å². The number of carbonyl (C=O) groups excluding carboxylic acids is 1. The normalized spacial score (nSPS) is 10.7. The zero-order valence-corrected chi connectivity index (χ0v) is 15.3. The highest BCUT2D eigenvalue weighted by Crippen LogP contribution is 2.20. The molecular formula is C16H24N6OS. The van der Waals surface area contributed by atoms with Crippen LogP contribution in [0.2, 0.25) is 0 Å². The highest BCUT2D eigenvalue weighted by Gasteiger charge is 2.09. The van der Waals surface area contributed by atoms with E-state index in [9.17, 15) is 4.79 Å². The number of hydrogen-bond donors (Lipinski definition) is 3. The van der Waals surface area contributed by atoms with Crippen molar-refractivity contribution in [2.24, 2.45) is 0 Å². The summed E-state index contributed by atoms with van der Waals surface area (Å²) in [5.41, 5.74) is 1.88. The highest BCUT2D eigenvalue weighted by atomic mass is 32.1. The molecule has 0 fully saturated rings. The van der Waals surface area contributed by atoms with Crippen LogP contribution < -0.4 is 16.0 Å². The molecule has 0 atom stereocenters. The van der Waals surface area contributed by atoms with Crippen molar-refractivity contribution >= 4 is 28.3 Å². The third kappa shape index (κ3) is 5.47. The predicted molar refractivity (Wildman–Crippen MR) is 98.7 cm³/mol. The molecule has 130 valence electrons. The lowest BCUT2D eigenvalue weighted by Crippen LogP contribution is -2.29. The van der Waals surface area contributed by atoms with E-state index < -0.39 is 0 Å². The zero-order chi connectivity index (χ0) is 17.5. The van der Waals surface area contributed by atoms with E-state index in [1.54, 1.807) is 6.20 Å². The van der Waals surface area contributed by atoms with Crippen molar-refractivity contribution in [3.63, 3.8) is 0 Å². The second-order valence-corrected chi connectivity index (χ2v) is 6.91. The molecule has 0 aliphatic carbocycles. The molecule has 0 unspecified atom stereocenters. The van der Waals surface area contributed by atoms with Crippen molar-refractivity contribution in [2.45, 2.75) is 20.4 Å². The van der Waals surface area contributed by atoms with E-state index in [2.05, 4.69) is 30.8 Å². The van der Waals surface area contributed by atoms with E-state index >= 15 is 0 Å². The molecule has 0 radical (unpaired) electrons. The van der Waals surface area contributed by atoms with Crippen LogP contribution in [0.25, 0.3) is 0 Å². The van der Waals surface area contributed by atoms with Crippen molar-refractivity contribution in [3.8, 4) is 0 Å². The summed E-state index contributed by atoms with van der Waals surface area (Å²) in [6.07, 6.45) is 1.74. The number of pyridine rings is 1. The van der Waals surface area contributed by atoms with Gasteiger partial charge in [-0.1, -0.05) is 6.07 Å². The first-order valence-electron chi connectivity index (χ1n) is 7.77. The van der Waals surface area contributed by atoms with Gasteiger partial charge in [-0.2, -0.15) is 0 Å². The lowest BCUT2D eigenvalue weighted by Gasteiger charge is -2.14. The first-order chi connectivity index (χ1) is 11.5. The van der Waals surface area contributed by atoms with Crippen molar-refractivity contribution in [1.82, 2.24) is 20.2 Å². The second-order valence-electron chi connectivity index (χ2n) is 5.71. The molecule has 0 aliphatic heterocycles. The quantitative estimate of drug-likeness (QED) is 0.716. The Morgan fingerprint density at radius 3 is 2.79 bits per heavy atom. The van der Waals surface area contributed by atoms with Gasteiger partial charge in [-0.05, 0) is 34.0 Å². The minimum atomic E-state index is -0.271. The van der Waals surface area contributed by atoms with Gasteiger partial charge in [0.15, 0.2) is 5.13 Å². The average Bonchev–Trinajstić information content (AvgIpc) is 2.84. The molecule has 0 aromatic carbocycles. The third-order valence-electron chi connectivity index (χ3n) is 3.43. The minimum Gasteiger partial charge on any atom is -0.369 e. The van der Waals surface area contributed by atoms with Gasteiger partial charge in [-0.3, -0.25) is 5.32 Å². The van der Waals surface area contributed by atoms with Crippen LogP contribution in [-0.2, 0) is 6.54 Å². The van der Waals surface area contributed by atoms with Crippen LogP contribution in [0, 0.1) is 13.8 Å². The SMILES string of the molecule is Cc1nc(NC(=O)NCc2cccnc2NCCN(C)C)sc1C. The number of aryl methyl sites for hydroxylation is 2. The van der Waals surface area contributed by atoms with Gasteiger partial charge in [0.2, 0.25) is 0 Å². The number of amides is 2. The Bertz CT molecular complexity index is 665. The molecule has 0 saturated carbocycles. The maximum atomic E-state index is 12.0. The molecule has 0 aliphatic rings. The number of thiazole rings is 1. The van der Waals surface area contributed by atoms with Gasteiger partial charge in [0.25, 0.3) is 0 Å². The number of likely N-dealkylation sites (N-methyl/N-ethyl adjacent to an activating group) is 1. The molecule has 2 aromatic rings. The lowest BCUT2D eigenvalue weighted by molar-refractivity contribution is 0.251. The summed E-state index contributed by atoms with van der Waals surface area (Å²) >= 11 is 1.47. The third-order valence-corrected chi connectivity index (χ3v) is 4.42. The number of carbonyl (C=O) groups is 1.